The Morgan fingerprint density at radius 2 is 2.17 bits per heavy atom. The molecule has 1 aliphatic heterocycles. The Labute approximate surface area is 112 Å². The molecule has 0 amide bonds. The van der Waals surface area contributed by atoms with Crippen molar-refractivity contribution in [2.24, 2.45) is 0 Å². The monoisotopic (exact) mass is 267 g/mol. The van der Waals surface area contributed by atoms with Crippen molar-refractivity contribution in [3.05, 3.63) is 34.9 Å². The van der Waals surface area contributed by atoms with E-state index in [0.29, 0.717) is 18.1 Å². The van der Waals surface area contributed by atoms with Crippen LogP contribution in [0.2, 0.25) is 5.02 Å². The van der Waals surface area contributed by atoms with Gasteiger partial charge in [0.25, 0.3) is 0 Å². The van der Waals surface area contributed by atoms with Gasteiger partial charge in [-0.15, -0.1) is 0 Å². The molecule has 0 aromatic heterocycles. The van der Waals surface area contributed by atoms with Gasteiger partial charge in [-0.25, -0.2) is 0 Å². The highest BCUT2D eigenvalue weighted by Crippen LogP contribution is 2.22. The smallest absolute Gasteiger partial charge is 0.138 e. The van der Waals surface area contributed by atoms with Crippen LogP contribution in [0.3, 0.4) is 0 Å². The molecule has 1 N–H and O–H groups in total. The minimum Gasteiger partial charge on any atom is -0.392 e. The molecule has 1 fully saturated rings. The molecular weight excluding hydrogens is 250 g/mol. The van der Waals surface area contributed by atoms with Gasteiger partial charge in [0.05, 0.1) is 12.0 Å². The van der Waals surface area contributed by atoms with Crippen molar-refractivity contribution in [3.8, 4) is 0 Å². The Balaban J connectivity index is 2.08. The van der Waals surface area contributed by atoms with Gasteiger partial charge < -0.3 is 5.11 Å². The summed E-state index contributed by atoms with van der Waals surface area (Å²) in [6.07, 6.45) is 0.549. The third-order valence-electron chi connectivity index (χ3n) is 3.45. The lowest BCUT2D eigenvalue weighted by Crippen LogP contribution is -2.30. The van der Waals surface area contributed by atoms with Crippen LogP contribution in [-0.2, 0) is 4.79 Å². The predicted molar refractivity (Wildman–Crippen MR) is 71.9 cm³/mol. The molecule has 0 spiro atoms. The van der Waals surface area contributed by atoms with Crippen LogP contribution in [0.15, 0.2) is 24.3 Å². The highest BCUT2D eigenvalue weighted by atomic mass is 35.5. The Morgan fingerprint density at radius 3 is 2.67 bits per heavy atom. The minimum atomic E-state index is -0.247. The van der Waals surface area contributed by atoms with Crippen molar-refractivity contribution in [2.75, 3.05) is 19.6 Å². The Bertz CT molecular complexity index is 418. The fraction of sp³-hybridized carbons (Fsp3) is 0.500. The molecule has 1 saturated heterocycles. The molecule has 2 unspecified atom stereocenters. The number of carbonyl (C=O) groups excluding carboxylic acids is 1. The largest absolute Gasteiger partial charge is 0.392 e. The van der Waals surface area contributed by atoms with Gasteiger partial charge in [-0.2, -0.15) is 0 Å². The first kappa shape index (κ1) is 13.5. The molecule has 0 saturated carbocycles. The second-order valence-corrected chi connectivity index (χ2v) is 5.35. The fourth-order valence-electron chi connectivity index (χ4n) is 2.40. The molecule has 2 rings (SSSR count). The summed E-state index contributed by atoms with van der Waals surface area (Å²) in [6.45, 7) is 3.82. The van der Waals surface area contributed by atoms with Crippen LogP contribution in [0.25, 0.3) is 0 Å². The number of benzene rings is 1. The summed E-state index contributed by atoms with van der Waals surface area (Å²) in [6, 6.07) is 7.43. The predicted octanol–water partition coefficient (Wildman–Crippen LogP) is 2.08. The topological polar surface area (TPSA) is 40.5 Å². The molecule has 18 heavy (non-hydrogen) atoms. The number of ketones is 1. The van der Waals surface area contributed by atoms with Crippen molar-refractivity contribution < 1.29 is 9.90 Å². The number of halogens is 1. The third-order valence-corrected chi connectivity index (χ3v) is 3.70. The van der Waals surface area contributed by atoms with E-state index in [9.17, 15) is 9.90 Å². The summed E-state index contributed by atoms with van der Waals surface area (Å²) >= 11 is 5.86. The number of hydrogen-bond acceptors (Lipinski definition) is 3. The molecule has 2 atom stereocenters. The van der Waals surface area contributed by atoms with E-state index in [4.69, 9.17) is 11.6 Å². The number of likely N-dealkylation sites (tertiary alicyclic amines) is 1. The molecule has 0 bridgehead atoms. The number of nitrogens with zero attached hydrogens (tertiary/aromatic N) is 1. The lowest BCUT2D eigenvalue weighted by molar-refractivity contribution is -0.118. The van der Waals surface area contributed by atoms with Gasteiger partial charge in [0.2, 0.25) is 0 Å². The number of Topliss-reactive ketones (excluding diaryl/α,β-unsaturated/α-hetero) is 1. The fourth-order valence-corrected chi connectivity index (χ4v) is 2.53. The average molecular weight is 268 g/mol. The Hall–Kier alpha value is -0.900. The number of aliphatic hydroxyl groups excluding tert-OH is 1. The maximum absolute atomic E-state index is 11.8. The van der Waals surface area contributed by atoms with E-state index < -0.39 is 0 Å². The number of aliphatic hydroxyl groups is 1. The van der Waals surface area contributed by atoms with Gasteiger partial charge in [0.1, 0.15) is 5.78 Å². The zero-order valence-corrected chi connectivity index (χ0v) is 11.2. The average Bonchev–Trinajstić information content (AvgIpc) is 2.73. The van der Waals surface area contributed by atoms with Gasteiger partial charge in [-0.3, -0.25) is 9.69 Å². The van der Waals surface area contributed by atoms with Crippen LogP contribution in [0.5, 0.6) is 0 Å². The molecule has 4 heteroatoms. The second-order valence-electron chi connectivity index (χ2n) is 4.92. The summed E-state index contributed by atoms with van der Waals surface area (Å²) in [5, 5.41) is 10.2. The van der Waals surface area contributed by atoms with E-state index in [1.807, 2.05) is 24.3 Å². The van der Waals surface area contributed by atoms with E-state index in [-0.39, 0.29) is 17.8 Å². The maximum atomic E-state index is 11.8. The molecule has 1 aromatic carbocycles. The van der Waals surface area contributed by atoms with E-state index in [2.05, 4.69) is 4.90 Å². The van der Waals surface area contributed by atoms with Gasteiger partial charge in [-0.1, -0.05) is 23.7 Å². The van der Waals surface area contributed by atoms with Crippen molar-refractivity contribution in [3.63, 3.8) is 0 Å². The van der Waals surface area contributed by atoms with E-state index in [0.717, 1.165) is 18.5 Å². The van der Waals surface area contributed by atoms with Crippen LogP contribution in [0.1, 0.15) is 24.8 Å². The highest BCUT2D eigenvalue weighted by molar-refractivity contribution is 6.30. The van der Waals surface area contributed by atoms with Crippen LogP contribution < -0.4 is 0 Å². The van der Waals surface area contributed by atoms with Crippen molar-refractivity contribution in [2.45, 2.75) is 25.4 Å². The third kappa shape index (κ3) is 3.31. The second kappa shape index (κ2) is 5.83. The number of carbonyl (C=O) groups is 1. The Morgan fingerprint density at radius 1 is 1.50 bits per heavy atom. The van der Waals surface area contributed by atoms with Gasteiger partial charge in [0.15, 0.2) is 0 Å². The zero-order valence-electron chi connectivity index (χ0n) is 10.5. The molecule has 1 aliphatic rings. The molecular formula is C14H18ClNO2. The first-order valence-electron chi connectivity index (χ1n) is 6.22. The maximum Gasteiger partial charge on any atom is 0.138 e. The zero-order chi connectivity index (χ0) is 13.1. The number of β-amino-alcohol motifs (C(OH)–C–C–N with tert-alkyl or cyclic N) is 1. The molecule has 98 valence electrons. The van der Waals surface area contributed by atoms with Crippen molar-refractivity contribution in [1.29, 1.82) is 0 Å². The van der Waals surface area contributed by atoms with E-state index in [1.165, 1.54) is 0 Å². The van der Waals surface area contributed by atoms with Crippen LogP contribution in [-0.4, -0.2) is 41.5 Å². The molecule has 1 heterocycles. The summed E-state index contributed by atoms with van der Waals surface area (Å²) < 4.78 is 0. The van der Waals surface area contributed by atoms with Gasteiger partial charge in [0, 0.05) is 24.7 Å². The lowest BCUT2D eigenvalue weighted by atomic mass is 9.95. The summed E-state index contributed by atoms with van der Waals surface area (Å²) in [5.41, 5.74) is 0.994. The molecule has 3 nitrogen and oxygen atoms in total. The summed E-state index contributed by atoms with van der Waals surface area (Å²) in [7, 11) is 0. The van der Waals surface area contributed by atoms with Crippen LogP contribution in [0, 0.1) is 0 Å². The van der Waals surface area contributed by atoms with Crippen molar-refractivity contribution >= 4 is 17.4 Å². The molecule has 0 aliphatic carbocycles. The minimum absolute atomic E-state index is 0.132. The van der Waals surface area contributed by atoms with E-state index in [1.54, 1.807) is 6.92 Å². The SMILES string of the molecule is CC(=O)C(CN1CCC(O)C1)c1ccc(Cl)cc1. The number of rotatable bonds is 4. The van der Waals surface area contributed by atoms with Crippen LogP contribution in [0.4, 0.5) is 0 Å². The first-order chi connectivity index (χ1) is 8.56. The van der Waals surface area contributed by atoms with E-state index >= 15 is 0 Å². The summed E-state index contributed by atoms with van der Waals surface area (Å²) in [5.74, 6) is 0.0197. The standard InChI is InChI=1S/C14H18ClNO2/c1-10(17)14(9-16-7-6-13(18)8-16)11-2-4-12(15)5-3-11/h2-5,13-14,18H,6-9H2,1H3. The molecule has 0 radical (unpaired) electrons. The first-order valence-corrected chi connectivity index (χ1v) is 6.60. The van der Waals surface area contributed by atoms with Gasteiger partial charge >= 0.3 is 0 Å². The normalized spacial score (nSPS) is 22.1. The number of hydrogen-bond donors (Lipinski definition) is 1. The van der Waals surface area contributed by atoms with Crippen molar-refractivity contribution in [1.82, 2.24) is 4.90 Å². The highest BCUT2D eigenvalue weighted by Gasteiger charge is 2.25. The van der Waals surface area contributed by atoms with Gasteiger partial charge in [-0.05, 0) is 31.0 Å². The quantitative estimate of drug-likeness (QED) is 0.908. The van der Waals surface area contributed by atoms with Crippen LogP contribution >= 0.6 is 11.6 Å². The lowest BCUT2D eigenvalue weighted by Gasteiger charge is -2.22. The Kier molecular flexibility index (Phi) is 4.38. The summed E-state index contributed by atoms with van der Waals surface area (Å²) in [4.78, 5) is 13.9. The molecule has 1 aromatic rings.